The molecular formula is C48H48N12O11S6. The lowest BCUT2D eigenvalue weighted by Gasteiger charge is -2.34. The summed E-state index contributed by atoms with van der Waals surface area (Å²) in [7, 11) is 2.54. The van der Waals surface area contributed by atoms with Gasteiger partial charge in [0.2, 0.25) is 5.91 Å². The lowest BCUT2D eigenvalue weighted by Crippen LogP contribution is -2.52. The molecule has 0 aromatic carbocycles. The van der Waals surface area contributed by atoms with Crippen LogP contribution in [0.5, 0.6) is 0 Å². The minimum absolute atomic E-state index is 0.00676. The van der Waals surface area contributed by atoms with E-state index in [0.717, 1.165) is 56.7 Å². The van der Waals surface area contributed by atoms with Crippen LogP contribution in [0.25, 0.3) is 49.1 Å². The number of ether oxygens (including phenoxy) is 2. The molecule has 8 rings (SSSR count). The second kappa shape index (κ2) is 23.7. The molecule has 7 aromatic rings. The van der Waals surface area contributed by atoms with Gasteiger partial charge in [-0.25, -0.2) is 39.7 Å². The van der Waals surface area contributed by atoms with E-state index in [1.54, 1.807) is 29.8 Å². The standard InChI is InChI=1S/C48H48N12O11S6/c1-9-23(47(68)71-8)50-36(63)27-15-74-44(55-27)31-18-75-42(57-31)24-11-10-22-34(49-24)26-13-77-46(52-26)35(48(6,69)21(5)62)60-39(66)30-17-76-45(56-30)32(19(2)3)58-37(64)29-16-73-43(54-29)25(12-70-7)51-40(67)33(20(4)61)59-38(65)28-14-72-41(22)53-28/h9-21,32-33,35,61-62,69H,1-8H3,(H,50,63)(H,51,67)(H,58,64)(H,59,65)(H,60,66)/b23-9+,25-12+/t20-,21?,32+,33+,35?,48?/m1/s1. The molecule has 29 heteroatoms. The highest BCUT2D eigenvalue weighted by Crippen LogP contribution is 2.40. The Bertz CT molecular complexity index is 3440. The zero-order chi connectivity index (χ0) is 55.5. The summed E-state index contributed by atoms with van der Waals surface area (Å²) >= 11 is 6.67. The van der Waals surface area contributed by atoms with Crippen molar-refractivity contribution in [1.29, 1.82) is 0 Å². The second-order valence-corrected chi connectivity index (χ2v) is 22.7. The molecule has 8 bridgehead atoms. The zero-order valence-electron chi connectivity index (χ0n) is 41.9. The summed E-state index contributed by atoms with van der Waals surface area (Å²) in [6.45, 7) is 9.34. The number of nitrogens with zero attached hydrogens (tertiary/aromatic N) is 7. The fraction of sp³-hybridized carbons (Fsp3) is 0.312. The topological polar surface area (TPSA) is 332 Å². The maximum atomic E-state index is 14.2. The third kappa shape index (κ3) is 12.2. The number of aromatic nitrogens is 7. The number of aliphatic hydroxyl groups excluding tert-OH is 2. The quantitative estimate of drug-likeness (QED) is 0.0471. The number of esters is 1. The van der Waals surface area contributed by atoms with Crippen molar-refractivity contribution in [3.63, 3.8) is 0 Å². The summed E-state index contributed by atoms with van der Waals surface area (Å²) in [5, 5.41) is 58.4. The van der Waals surface area contributed by atoms with E-state index in [-0.39, 0.29) is 66.5 Å². The van der Waals surface area contributed by atoms with Gasteiger partial charge in [-0.3, -0.25) is 24.0 Å². The molecule has 23 nitrogen and oxygen atoms in total. The molecule has 6 atom stereocenters. The molecule has 77 heavy (non-hydrogen) atoms. The van der Waals surface area contributed by atoms with Crippen LogP contribution in [-0.4, -0.2) is 124 Å². The van der Waals surface area contributed by atoms with Crippen molar-refractivity contribution >= 4 is 109 Å². The first kappa shape index (κ1) is 56.1. The Kier molecular flexibility index (Phi) is 17.2. The molecule has 0 aliphatic carbocycles. The molecular weight excluding hydrogens is 1110 g/mol. The van der Waals surface area contributed by atoms with E-state index in [1.807, 2.05) is 13.8 Å². The smallest absolute Gasteiger partial charge is 0.354 e. The van der Waals surface area contributed by atoms with Crippen LogP contribution in [0.2, 0.25) is 0 Å². The third-order valence-electron chi connectivity index (χ3n) is 11.7. The first-order chi connectivity index (χ1) is 36.7. The van der Waals surface area contributed by atoms with Crippen LogP contribution >= 0.6 is 68.0 Å². The number of hydrogen-bond acceptors (Lipinski definition) is 24. The fourth-order valence-electron chi connectivity index (χ4n) is 7.25. The van der Waals surface area contributed by atoms with Crippen LogP contribution in [0.4, 0.5) is 0 Å². The summed E-state index contributed by atoms with van der Waals surface area (Å²) in [6.07, 6.45) is -0.217. The van der Waals surface area contributed by atoms with E-state index in [1.165, 1.54) is 80.2 Å². The van der Waals surface area contributed by atoms with Gasteiger partial charge in [0.25, 0.3) is 23.6 Å². The molecule has 0 saturated carbocycles. The fourth-order valence-corrected chi connectivity index (χ4v) is 12.4. The van der Waals surface area contributed by atoms with Crippen LogP contribution in [0.1, 0.15) is 111 Å². The van der Waals surface area contributed by atoms with Crippen LogP contribution in [-0.2, 0) is 19.1 Å². The number of pyridine rings is 1. The average molecular weight is 1160 g/mol. The summed E-state index contributed by atoms with van der Waals surface area (Å²) < 4.78 is 9.96. The van der Waals surface area contributed by atoms with E-state index in [0.29, 0.717) is 32.0 Å². The molecule has 3 unspecified atom stereocenters. The molecule has 0 spiro atoms. The average Bonchev–Trinajstić information content (AvgIpc) is 4.32. The summed E-state index contributed by atoms with van der Waals surface area (Å²) in [4.78, 5) is 114. The third-order valence-corrected chi connectivity index (χ3v) is 17.0. The maximum absolute atomic E-state index is 14.2. The van der Waals surface area contributed by atoms with E-state index in [4.69, 9.17) is 24.4 Å². The molecule has 0 saturated heterocycles. The van der Waals surface area contributed by atoms with Gasteiger partial charge in [-0.15, -0.1) is 68.0 Å². The number of hydrogen-bond donors (Lipinski definition) is 8. The number of amides is 5. The number of carbonyl (C=O) groups excluding carboxylic acids is 6. The predicted molar refractivity (Wildman–Crippen MR) is 290 cm³/mol. The lowest BCUT2D eigenvalue weighted by atomic mass is 9.91. The molecule has 5 amide bonds. The largest absolute Gasteiger partial charge is 0.502 e. The van der Waals surface area contributed by atoms with Gasteiger partial charge in [-0.2, -0.15) is 0 Å². The Labute approximate surface area is 462 Å². The Balaban J connectivity index is 1.21. The minimum atomic E-state index is -2.01. The number of aliphatic hydroxyl groups is 3. The van der Waals surface area contributed by atoms with Crippen molar-refractivity contribution in [2.45, 2.75) is 77.5 Å². The summed E-state index contributed by atoms with van der Waals surface area (Å²) in [6, 6.07) is -0.157. The van der Waals surface area contributed by atoms with Gasteiger partial charge in [0.15, 0.2) is 0 Å². The van der Waals surface area contributed by atoms with E-state index >= 15 is 0 Å². The van der Waals surface area contributed by atoms with E-state index < -0.39 is 71.4 Å². The number of allylic oxidation sites excluding steroid dienone is 1. The van der Waals surface area contributed by atoms with Crippen LogP contribution in [0, 0.1) is 5.92 Å². The summed E-state index contributed by atoms with van der Waals surface area (Å²) in [5.74, 6) is -4.52. The highest BCUT2D eigenvalue weighted by Gasteiger charge is 2.42. The van der Waals surface area contributed by atoms with E-state index in [9.17, 15) is 44.1 Å². The first-order valence-corrected chi connectivity index (χ1v) is 28.4. The number of nitrogens with one attached hydrogen (secondary N) is 5. The predicted octanol–water partition coefficient (Wildman–Crippen LogP) is 5.58. The first-order valence-electron chi connectivity index (χ1n) is 23.1. The van der Waals surface area contributed by atoms with Gasteiger partial charge in [-0.1, -0.05) is 19.9 Å². The second-order valence-electron chi connectivity index (χ2n) is 17.5. The molecule has 0 radical (unpaired) electrons. The van der Waals surface area contributed by atoms with Gasteiger partial charge in [0, 0.05) is 37.8 Å². The van der Waals surface area contributed by atoms with Crippen LogP contribution < -0.4 is 26.6 Å². The molecule has 8 N–H and O–H groups in total. The highest BCUT2D eigenvalue weighted by atomic mass is 32.1. The van der Waals surface area contributed by atoms with Crippen molar-refractivity contribution in [1.82, 2.24) is 61.5 Å². The Hall–Kier alpha value is -7.09. The molecule has 1 aliphatic heterocycles. The van der Waals surface area contributed by atoms with Gasteiger partial charge < -0.3 is 51.4 Å². The molecule has 1 aliphatic rings. The molecule has 8 heterocycles. The van der Waals surface area contributed by atoms with Crippen molar-refractivity contribution in [3.05, 3.63) is 100 Å². The number of methoxy groups -OCH3 is 2. The Morgan fingerprint density at radius 3 is 1.90 bits per heavy atom. The lowest BCUT2D eigenvalue weighted by molar-refractivity contribution is -0.136. The molecule has 0 fully saturated rings. The van der Waals surface area contributed by atoms with Gasteiger partial charge in [-0.05, 0) is 45.7 Å². The van der Waals surface area contributed by atoms with Crippen molar-refractivity contribution in [2.24, 2.45) is 5.92 Å². The van der Waals surface area contributed by atoms with Crippen molar-refractivity contribution < 1.29 is 53.6 Å². The number of fused-ring (bicyclic) bond motifs is 11. The Morgan fingerprint density at radius 1 is 0.675 bits per heavy atom. The van der Waals surface area contributed by atoms with Crippen LogP contribution in [0.3, 0.4) is 0 Å². The van der Waals surface area contributed by atoms with Crippen LogP contribution in [0.15, 0.2) is 62.4 Å². The monoisotopic (exact) mass is 1160 g/mol. The number of rotatable bonds is 10. The number of carbonyl (C=O) groups is 6. The summed E-state index contributed by atoms with van der Waals surface area (Å²) in [5.41, 5.74) is -0.471. The Morgan fingerprint density at radius 2 is 1.23 bits per heavy atom. The normalized spacial score (nSPS) is 18.8. The molecule has 7 aromatic heterocycles. The maximum Gasteiger partial charge on any atom is 0.354 e. The molecule has 402 valence electrons. The minimum Gasteiger partial charge on any atom is -0.502 e. The zero-order valence-corrected chi connectivity index (χ0v) is 46.8. The SMILES string of the molecule is C/C=C(/NC(=O)c1csc(-c2csc(-c3ccc4c(n3)-c3csc(n3)C(C(C)(O)C(C)O)NC(=O)c3csc(n3)[C@H](C(C)C)NC(=O)c3csc(n3)/C(=C\OC)NC(=O)[C@H]([C@@H](C)O)NC(=O)c3csc-4n3)n2)n1)C(=O)OC. The van der Waals surface area contributed by atoms with Gasteiger partial charge in [0.05, 0.1) is 38.2 Å². The highest BCUT2D eigenvalue weighted by molar-refractivity contribution is 7.15. The van der Waals surface area contributed by atoms with Crippen molar-refractivity contribution in [3.8, 4) is 43.4 Å². The number of thiazole rings is 6. The van der Waals surface area contributed by atoms with Gasteiger partial charge >= 0.3 is 5.97 Å². The van der Waals surface area contributed by atoms with Crippen molar-refractivity contribution in [2.75, 3.05) is 14.2 Å². The van der Waals surface area contributed by atoms with E-state index in [2.05, 4.69) is 46.5 Å². The van der Waals surface area contributed by atoms with Gasteiger partial charge in [0.1, 0.15) is 105 Å².